The van der Waals surface area contributed by atoms with E-state index in [-0.39, 0.29) is 17.0 Å². The Morgan fingerprint density at radius 3 is 2.25 bits per heavy atom. The quantitative estimate of drug-likeness (QED) is 0.413. The molecule has 0 rings (SSSR count). The van der Waals surface area contributed by atoms with Crippen molar-refractivity contribution >= 4 is 12.1 Å². The van der Waals surface area contributed by atoms with Gasteiger partial charge in [-0.2, -0.15) is 0 Å². The third-order valence-corrected chi connectivity index (χ3v) is 1.09. The molecule has 1 amide bonds. The number of hydrogen-bond donors (Lipinski definition) is 3. The molecule has 0 unspecified atom stereocenters. The lowest BCUT2D eigenvalue weighted by atomic mass is 10.1. The first-order chi connectivity index (χ1) is 5.40. The summed E-state index contributed by atoms with van der Waals surface area (Å²) in [6, 6.07) is 0. The second-order valence-electron chi connectivity index (χ2n) is 3.47. The van der Waals surface area contributed by atoms with E-state index in [9.17, 15) is 4.79 Å². The van der Waals surface area contributed by atoms with Gasteiger partial charge in [0, 0.05) is 18.0 Å². The van der Waals surface area contributed by atoms with E-state index in [1.165, 1.54) is 0 Å². The van der Waals surface area contributed by atoms with E-state index < -0.39 is 0 Å². The van der Waals surface area contributed by atoms with Crippen molar-refractivity contribution in [2.24, 2.45) is 5.73 Å². The van der Waals surface area contributed by atoms with Crippen LogP contribution in [0.5, 0.6) is 0 Å². The lowest BCUT2D eigenvalue weighted by Gasteiger charge is -2.20. The molecular formula is C8H15N3O. The van der Waals surface area contributed by atoms with Crippen molar-refractivity contribution in [2.45, 2.75) is 26.3 Å². The van der Waals surface area contributed by atoms with Crippen molar-refractivity contribution in [3.63, 3.8) is 0 Å². The van der Waals surface area contributed by atoms with E-state index >= 15 is 0 Å². The van der Waals surface area contributed by atoms with E-state index in [4.69, 9.17) is 11.1 Å². The normalized spacial score (nSPS) is 12.4. The van der Waals surface area contributed by atoms with E-state index in [1.54, 1.807) is 0 Å². The molecule has 0 saturated carbocycles. The van der Waals surface area contributed by atoms with Gasteiger partial charge >= 0.3 is 0 Å². The molecule has 0 fully saturated rings. The molecule has 0 aliphatic rings. The zero-order valence-corrected chi connectivity index (χ0v) is 7.64. The number of hydrogen-bond acceptors (Lipinski definition) is 3. The highest BCUT2D eigenvalue weighted by molar-refractivity contribution is 6.11. The molecule has 0 aliphatic heterocycles. The lowest BCUT2D eigenvalue weighted by molar-refractivity contribution is -0.118. The molecule has 4 N–H and O–H groups in total. The molecule has 4 nitrogen and oxygen atoms in total. The molecule has 0 radical (unpaired) electrons. The number of nitrogens with one attached hydrogen (secondary N) is 2. The number of carbonyl (C=O) groups is 1. The number of rotatable bonds is 2. The summed E-state index contributed by atoms with van der Waals surface area (Å²) in [5.74, 6) is -0.319. The van der Waals surface area contributed by atoms with Gasteiger partial charge in [0.1, 0.15) is 0 Å². The third kappa shape index (κ3) is 3.75. The predicted molar refractivity (Wildman–Crippen MR) is 48.9 cm³/mol. The SMILES string of the molecule is CC(C)(C)NC(=O)/C(C=N)=C/N. The summed E-state index contributed by atoms with van der Waals surface area (Å²) in [7, 11) is 0. The average Bonchev–Trinajstić information content (AvgIpc) is 1.85. The van der Waals surface area contributed by atoms with Crippen LogP contribution in [0.2, 0.25) is 0 Å². The van der Waals surface area contributed by atoms with Crippen LogP contribution in [0.3, 0.4) is 0 Å². The summed E-state index contributed by atoms with van der Waals surface area (Å²) in [4.78, 5) is 11.2. The topological polar surface area (TPSA) is 79.0 Å². The van der Waals surface area contributed by atoms with Gasteiger partial charge in [0.05, 0.1) is 5.57 Å². The van der Waals surface area contributed by atoms with Crippen molar-refractivity contribution in [2.75, 3.05) is 0 Å². The Labute approximate surface area is 72.3 Å². The minimum atomic E-state index is -0.319. The van der Waals surface area contributed by atoms with E-state index in [0.717, 1.165) is 12.4 Å². The van der Waals surface area contributed by atoms with Crippen molar-refractivity contribution in [3.8, 4) is 0 Å². The molecule has 0 atom stereocenters. The molecule has 12 heavy (non-hydrogen) atoms. The Morgan fingerprint density at radius 2 is 2.00 bits per heavy atom. The van der Waals surface area contributed by atoms with Gasteiger partial charge in [0.25, 0.3) is 5.91 Å². The maximum atomic E-state index is 11.2. The largest absolute Gasteiger partial charge is 0.404 e. The highest BCUT2D eigenvalue weighted by atomic mass is 16.1. The van der Waals surface area contributed by atoms with Gasteiger partial charge in [-0.25, -0.2) is 0 Å². The van der Waals surface area contributed by atoms with Crippen molar-refractivity contribution in [1.29, 1.82) is 5.41 Å². The molecule has 0 aliphatic carbocycles. The molecular weight excluding hydrogens is 154 g/mol. The van der Waals surface area contributed by atoms with Gasteiger partial charge < -0.3 is 16.5 Å². The smallest absolute Gasteiger partial charge is 0.254 e. The third-order valence-electron chi connectivity index (χ3n) is 1.09. The van der Waals surface area contributed by atoms with Gasteiger partial charge in [0.15, 0.2) is 0 Å². The maximum Gasteiger partial charge on any atom is 0.254 e. The van der Waals surface area contributed by atoms with Crippen molar-refractivity contribution in [1.82, 2.24) is 5.32 Å². The standard InChI is InChI=1S/C8H15N3O/c1-8(2,3)11-7(12)6(4-9)5-10/h4-5,9H,10H2,1-3H3,(H,11,12)/b6-5+,9-4?. The molecule has 0 aromatic heterocycles. The maximum absolute atomic E-state index is 11.2. The van der Waals surface area contributed by atoms with Gasteiger partial charge in [-0.15, -0.1) is 0 Å². The monoisotopic (exact) mass is 169 g/mol. The summed E-state index contributed by atoms with van der Waals surface area (Å²) < 4.78 is 0. The minimum Gasteiger partial charge on any atom is -0.404 e. The van der Waals surface area contributed by atoms with Gasteiger partial charge in [0.2, 0.25) is 0 Å². The molecule has 0 spiro atoms. The Kier molecular flexibility index (Phi) is 3.47. The molecule has 0 aromatic rings. The second-order valence-corrected chi connectivity index (χ2v) is 3.47. The fraction of sp³-hybridized carbons (Fsp3) is 0.500. The zero-order chi connectivity index (χ0) is 9.78. The minimum absolute atomic E-state index is 0.171. The lowest BCUT2D eigenvalue weighted by Crippen LogP contribution is -2.41. The van der Waals surface area contributed by atoms with Crippen LogP contribution in [-0.4, -0.2) is 17.7 Å². The Morgan fingerprint density at radius 1 is 1.50 bits per heavy atom. The van der Waals surface area contributed by atoms with Crippen LogP contribution in [0, 0.1) is 5.41 Å². The first-order valence-corrected chi connectivity index (χ1v) is 3.65. The van der Waals surface area contributed by atoms with Gasteiger partial charge in [-0.3, -0.25) is 4.79 Å². The first-order valence-electron chi connectivity index (χ1n) is 3.65. The summed E-state index contributed by atoms with van der Waals surface area (Å²) in [5, 5.41) is 9.55. The molecule has 0 bridgehead atoms. The van der Waals surface area contributed by atoms with E-state index in [2.05, 4.69) is 5.32 Å². The second kappa shape index (κ2) is 3.90. The Hall–Kier alpha value is -1.32. The van der Waals surface area contributed by atoms with Crippen LogP contribution in [0.25, 0.3) is 0 Å². The molecule has 68 valence electrons. The Bertz CT molecular complexity index is 213. The summed E-state index contributed by atoms with van der Waals surface area (Å²) in [6.45, 7) is 5.59. The summed E-state index contributed by atoms with van der Waals surface area (Å²) in [5.41, 5.74) is 5.00. The average molecular weight is 169 g/mol. The summed E-state index contributed by atoms with van der Waals surface area (Å²) in [6.07, 6.45) is 2.05. The predicted octanol–water partition coefficient (Wildman–Crippen LogP) is 0.393. The summed E-state index contributed by atoms with van der Waals surface area (Å²) >= 11 is 0. The van der Waals surface area contributed by atoms with Crippen LogP contribution in [0.4, 0.5) is 0 Å². The van der Waals surface area contributed by atoms with Crippen LogP contribution < -0.4 is 11.1 Å². The van der Waals surface area contributed by atoms with Crippen molar-refractivity contribution < 1.29 is 4.79 Å². The highest BCUT2D eigenvalue weighted by Crippen LogP contribution is 2.00. The molecule has 0 saturated heterocycles. The zero-order valence-electron chi connectivity index (χ0n) is 7.64. The van der Waals surface area contributed by atoms with Gasteiger partial charge in [-0.05, 0) is 20.8 Å². The van der Waals surface area contributed by atoms with Crippen LogP contribution in [-0.2, 0) is 4.79 Å². The number of amides is 1. The van der Waals surface area contributed by atoms with E-state index in [0.29, 0.717) is 0 Å². The van der Waals surface area contributed by atoms with E-state index in [1.807, 2.05) is 20.8 Å². The number of nitrogens with two attached hydrogens (primary N) is 1. The molecule has 0 aromatic carbocycles. The van der Waals surface area contributed by atoms with Crippen molar-refractivity contribution in [3.05, 3.63) is 11.8 Å². The Balaban J connectivity index is 4.32. The fourth-order valence-corrected chi connectivity index (χ4v) is 0.602. The molecule has 0 heterocycles. The van der Waals surface area contributed by atoms with Crippen LogP contribution in [0.15, 0.2) is 11.8 Å². The van der Waals surface area contributed by atoms with Crippen LogP contribution >= 0.6 is 0 Å². The number of carbonyl (C=O) groups excluding carboxylic acids is 1. The molecule has 4 heteroatoms. The van der Waals surface area contributed by atoms with Gasteiger partial charge in [-0.1, -0.05) is 0 Å². The van der Waals surface area contributed by atoms with Crippen LogP contribution in [0.1, 0.15) is 20.8 Å². The fourth-order valence-electron chi connectivity index (χ4n) is 0.602. The highest BCUT2D eigenvalue weighted by Gasteiger charge is 2.15. The first kappa shape index (κ1) is 10.7.